The van der Waals surface area contributed by atoms with Crippen molar-refractivity contribution in [2.24, 2.45) is 0 Å². The summed E-state index contributed by atoms with van der Waals surface area (Å²) < 4.78 is 5.00. The molecule has 2 aromatic carbocycles. The van der Waals surface area contributed by atoms with E-state index in [9.17, 15) is 4.79 Å². The van der Waals surface area contributed by atoms with Gasteiger partial charge in [0.1, 0.15) is 6.61 Å². The van der Waals surface area contributed by atoms with Crippen molar-refractivity contribution in [3.8, 4) is 0 Å². The lowest BCUT2D eigenvalue weighted by atomic mass is 10.1. The molecule has 19 heavy (non-hydrogen) atoms. The average molecular weight is 276 g/mol. The van der Waals surface area contributed by atoms with Crippen LogP contribution in [-0.4, -0.2) is 18.6 Å². The fraction of sp³-hybridized carbons (Fsp3) is 0.133. The van der Waals surface area contributed by atoms with Gasteiger partial charge in [0, 0.05) is 11.3 Å². The van der Waals surface area contributed by atoms with E-state index in [1.165, 1.54) is 0 Å². The number of anilines is 1. The third-order valence-electron chi connectivity index (χ3n) is 2.59. The standard InChI is InChI=1S/C15H14ClNO2/c16-10-3-4-11-19-15(18)17-14-9-5-7-12-6-1-2-8-13(12)14/h1-9H,10-11H2,(H,17,18)/b4-3+. The van der Waals surface area contributed by atoms with E-state index in [1.807, 2.05) is 42.5 Å². The molecule has 98 valence electrons. The van der Waals surface area contributed by atoms with Crippen LogP contribution in [0.15, 0.2) is 54.6 Å². The molecule has 0 saturated carbocycles. The van der Waals surface area contributed by atoms with E-state index in [2.05, 4.69) is 5.32 Å². The highest BCUT2D eigenvalue weighted by molar-refractivity contribution is 6.18. The molecule has 0 radical (unpaired) electrons. The smallest absolute Gasteiger partial charge is 0.411 e. The Labute approximate surface area is 116 Å². The normalized spacial score (nSPS) is 10.8. The number of hydrogen-bond donors (Lipinski definition) is 1. The maximum absolute atomic E-state index is 11.6. The Morgan fingerprint density at radius 1 is 1.16 bits per heavy atom. The van der Waals surface area contributed by atoms with Gasteiger partial charge in [-0.3, -0.25) is 5.32 Å². The van der Waals surface area contributed by atoms with Crippen LogP contribution in [0.4, 0.5) is 10.5 Å². The van der Waals surface area contributed by atoms with Crippen LogP contribution >= 0.6 is 11.6 Å². The van der Waals surface area contributed by atoms with Gasteiger partial charge in [-0.2, -0.15) is 0 Å². The second-order valence-electron chi connectivity index (χ2n) is 3.88. The minimum absolute atomic E-state index is 0.212. The lowest BCUT2D eigenvalue weighted by molar-refractivity contribution is 0.174. The van der Waals surface area contributed by atoms with Crippen LogP contribution in [0.25, 0.3) is 10.8 Å². The summed E-state index contributed by atoms with van der Waals surface area (Å²) in [6.07, 6.45) is 2.96. The van der Waals surface area contributed by atoms with E-state index in [0.717, 1.165) is 16.5 Å². The molecule has 4 heteroatoms. The molecule has 0 aliphatic carbocycles. The number of carbonyl (C=O) groups is 1. The molecule has 0 heterocycles. The fourth-order valence-corrected chi connectivity index (χ4v) is 1.86. The Kier molecular flexibility index (Phi) is 4.81. The predicted octanol–water partition coefficient (Wildman–Crippen LogP) is 4.18. The zero-order chi connectivity index (χ0) is 13.5. The van der Waals surface area contributed by atoms with Crippen molar-refractivity contribution in [2.45, 2.75) is 0 Å². The third-order valence-corrected chi connectivity index (χ3v) is 2.77. The molecule has 0 fully saturated rings. The van der Waals surface area contributed by atoms with Crippen molar-refractivity contribution in [1.82, 2.24) is 0 Å². The Morgan fingerprint density at radius 3 is 2.79 bits per heavy atom. The van der Waals surface area contributed by atoms with Crippen molar-refractivity contribution in [1.29, 1.82) is 0 Å². The number of carbonyl (C=O) groups excluding carboxylic acids is 1. The van der Waals surface area contributed by atoms with Gasteiger partial charge in [-0.25, -0.2) is 4.79 Å². The van der Waals surface area contributed by atoms with Gasteiger partial charge >= 0.3 is 6.09 Å². The zero-order valence-corrected chi connectivity index (χ0v) is 11.1. The molecule has 0 saturated heterocycles. The molecule has 3 nitrogen and oxygen atoms in total. The molecule has 0 bridgehead atoms. The molecular formula is C15H14ClNO2. The highest BCUT2D eigenvalue weighted by atomic mass is 35.5. The molecule has 1 amide bonds. The summed E-state index contributed by atoms with van der Waals surface area (Å²) in [5.41, 5.74) is 0.740. The topological polar surface area (TPSA) is 38.3 Å². The summed E-state index contributed by atoms with van der Waals surface area (Å²) in [5, 5.41) is 4.79. The van der Waals surface area contributed by atoms with Crippen molar-refractivity contribution in [3.05, 3.63) is 54.6 Å². The highest BCUT2D eigenvalue weighted by Gasteiger charge is 2.05. The van der Waals surface area contributed by atoms with Crippen molar-refractivity contribution >= 4 is 34.2 Å². The van der Waals surface area contributed by atoms with E-state index >= 15 is 0 Å². The number of allylic oxidation sites excluding steroid dienone is 1. The van der Waals surface area contributed by atoms with E-state index in [-0.39, 0.29) is 6.61 Å². The largest absolute Gasteiger partial charge is 0.445 e. The minimum Gasteiger partial charge on any atom is -0.445 e. The monoisotopic (exact) mass is 275 g/mol. The second kappa shape index (κ2) is 6.81. The van der Waals surface area contributed by atoms with E-state index in [0.29, 0.717) is 5.88 Å². The summed E-state index contributed by atoms with van der Waals surface area (Å²) in [4.78, 5) is 11.6. The van der Waals surface area contributed by atoms with Crippen LogP contribution in [0.2, 0.25) is 0 Å². The van der Waals surface area contributed by atoms with Gasteiger partial charge in [0.2, 0.25) is 0 Å². The summed E-state index contributed by atoms with van der Waals surface area (Å²) in [7, 11) is 0. The Hall–Kier alpha value is -2.00. The van der Waals surface area contributed by atoms with Gasteiger partial charge in [0.15, 0.2) is 0 Å². The lowest BCUT2D eigenvalue weighted by Gasteiger charge is -2.08. The van der Waals surface area contributed by atoms with Gasteiger partial charge in [-0.15, -0.1) is 11.6 Å². The number of amides is 1. The highest BCUT2D eigenvalue weighted by Crippen LogP contribution is 2.22. The molecule has 2 rings (SSSR count). The fourth-order valence-electron chi connectivity index (χ4n) is 1.74. The number of rotatable bonds is 4. The second-order valence-corrected chi connectivity index (χ2v) is 4.18. The van der Waals surface area contributed by atoms with Gasteiger partial charge < -0.3 is 4.74 Å². The quantitative estimate of drug-likeness (QED) is 0.671. The molecule has 2 aromatic rings. The summed E-state index contributed by atoms with van der Waals surface area (Å²) in [6.45, 7) is 0.212. The van der Waals surface area contributed by atoms with Gasteiger partial charge in [-0.05, 0) is 17.5 Å². The Bertz CT molecular complexity index is 590. The number of benzene rings is 2. The minimum atomic E-state index is -0.476. The van der Waals surface area contributed by atoms with E-state index < -0.39 is 6.09 Å². The number of halogens is 1. The van der Waals surface area contributed by atoms with Crippen molar-refractivity contribution < 1.29 is 9.53 Å². The molecule has 0 aliphatic heterocycles. The van der Waals surface area contributed by atoms with Gasteiger partial charge in [0.05, 0.1) is 5.69 Å². The van der Waals surface area contributed by atoms with Gasteiger partial charge in [-0.1, -0.05) is 42.5 Å². The molecule has 0 aromatic heterocycles. The first kappa shape index (κ1) is 13.4. The summed E-state index contributed by atoms with van der Waals surface area (Å²) in [6, 6.07) is 13.6. The first-order valence-corrected chi connectivity index (χ1v) is 6.47. The van der Waals surface area contributed by atoms with Crippen molar-refractivity contribution in [3.63, 3.8) is 0 Å². The van der Waals surface area contributed by atoms with Crippen LogP contribution in [0, 0.1) is 0 Å². The van der Waals surface area contributed by atoms with Gasteiger partial charge in [0.25, 0.3) is 0 Å². The Balaban J connectivity index is 2.05. The van der Waals surface area contributed by atoms with Crippen LogP contribution in [0.3, 0.4) is 0 Å². The molecule has 0 unspecified atom stereocenters. The van der Waals surface area contributed by atoms with E-state index in [1.54, 1.807) is 12.2 Å². The average Bonchev–Trinajstić information content (AvgIpc) is 2.44. The molecular weight excluding hydrogens is 262 g/mol. The first-order valence-electron chi connectivity index (χ1n) is 5.94. The first-order chi connectivity index (χ1) is 9.31. The van der Waals surface area contributed by atoms with Crippen LogP contribution in [-0.2, 0) is 4.74 Å². The maximum Gasteiger partial charge on any atom is 0.411 e. The predicted molar refractivity (Wildman–Crippen MR) is 78.8 cm³/mol. The number of ether oxygens (including phenoxy) is 1. The summed E-state index contributed by atoms with van der Waals surface area (Å²) in [5.74, 6) is 0.411. The maximum atomic E-state index is 11.6. The van der Waals surface area contributed by atoms with Crippen LogP contribution in [0.5, 0.6) is 0 Å². The third kappa shape index (κ3) is 3.73. The number of hydrogen-bond acceptors (Lipinski definition) is 2. The SMILES string of the molecule is O=C(Nc1cccc2ccccc12)OC/C=C/CCl. The zero-order valence-electron chi connectivity index (χ0n) is 10.3. The van der Waals surface area contributed by atoms with Crippen LogP contribution < -0.4 is 5.32 Å². The molecule has 0 atom stereocenters. The molecule has 0 spiro atoms. The summed E-state index contributed by atoms with van der Waals surface area (Å²) >= 11 is 5.47. The van der Waals surface area contributed by atoms with E-state index in [4.69, 9.17) is 16.3 Å². The lowest BCUT2D eigenvalue weighted by Crippen LogP contribution is -2.13. The molecule has 0 aliphatic rings. The van der Waals surface area contributed by atoms with Crippen molar-refractivity contribution in [2.75, 3.05) is 17.8 Å². The number of alkyl halides is 1. The van der Waals surface area contributed by atoms with Crippen LogP contribution in [0.1, 0.15) is 0 Å². The number of nitrogens with one attached hydrogen (secondary N) is 1. The molecule has 1 N–H and O–H groups in total. The Morgan fingerprint density at radius 2 is 1.95 bits per heavy atom. The number of fused-ring (bicyclic) bond motifs is 1.